The van der Waals surface area contributed by atoms with Crippen molar-refractivity contribution < 1.29 is 32.3 Å². The Hall–Kier alpha value is -3.69. The summed E-state index contributed by atoms with van der Waals surface area (Å²) in [4.78, 5) is 43.1. The number of carbonyl (C=O) groups excluding carboxylic acids is 3. The maximum Gasteiger partial charge on any atom is 0.389 e. The molecule has 0 saturated heterocycles. The molecule has 0 aromatic heterocycles. The summed E-state index contributed by atoms with van der Waals surface area (Å²) in [5, 5.41) is 2.52. The summed E-state index contributed by atoms with van der Waals surface area (Å²) in [6.07, 6.45) is -7.20. The standard InChI is InChI=1S/C27H30F3N3O4/c1-3-6-20(24(31)35)21(13-14-27(28,29)30)26(36)33-25-22(34)15-17-7-4-5-8-19(17)23(32-25)16-9-11-18(37-2)12-10-16/h4-5,7-12,20-21,25H,3,6,13-15H2,1-2H3,(H2,31,35)(H,33,36)/t20-,21+,25+/m0/s1. The van der Waals surface area contributed by atoms with Crippen molar-refractivity contribution in [3.05, 3.63) is 65.2 Å². The molecule has 1 heterocycles. The van der Waals surface area contributed by atoms with E-state index in [0.717, 1.165) is 0 Å². The normalized spacial score (nSPS) is 17.2. The molecule has 3 rings (SSSR count). The van der Waals surface area contributed by atoms with Crippen molar-refractivity contribution in [2.75, 3.05) is 7.11 Å². The molecule has 0 unspecified atom stereocenters. The molecule has 0 aliphatic carbocycles. The molecule has 1 aliphatic rings. The van der Waals surface area contributed by atoms with E-state index in [0.29, 0.717) is 34.6 Å². The van der Waals surface area contributed by atoms with Gasteiger partial charge in [-0.1, -0.05) is 37.6 Å². The van der Waals surface area contributed by atoms with Crippen molar-refractivity contribution in [1.82, 2.24) is 5.32 Å². The van der Waals surface area contributed by atoms with Gasteiger partial charge in [0.15, 0.2) is 11.9 Å². The zero-order valence-electron chi connectivity index (χ0n) is 20.7. The van der Waals surface area contributed by atoms with E-state index in [9.17, 15) is 27.6 Å². The summed E-state index contributed by atoms with van der Waals surface area (Å²) in [6.45, 7) is 1.74. The number of halogens is 3. The van der Waals surface area contributed by atoms with Gasteiger partial charge in [0.05, 0.1) is 12.8 Å². The maximum atomic E-state index is 13.3. The molecule has 3 N–H and O–H groups in total. The smallest absolute Gasteiger partial charge is 0.389 e. The van der Waals surface area contributed by atoms with Crippen LogP contribution in [0, 0.1) is 11.8 Å². The number of fused-ring (bicyclic) bond motifs is 1. The molecule has 0 fully saturated rings. The number of nitrogens with one attached hydrogen (secondary N) is 1. The number of methoxy groups -OCH3 is 1. The largest absolute Gasteiger partial charge is 0.497 e. The molecule has 2 aromatic carbocycles. The number of Topliss-reactive ketones (excluding diaryl/α,β-unsaturated/α-hetero) is 1. The summed E-state index contributed by atoms with van der Waals surface area (Å²) >= 11 is 0. The van der Waals surface area contributed by atoms with Crippen LogP contribution in [0.15, 0.2) is 53.5 Å². The van der Waals surface area contributed by atoms with Crippen LogP contribution in [0.5, 0.6) is 5.75 Å². The second-order valence-corrected chi connectivity index (χ2v) is 8.98. The minimum absolute atomic E-state index is 0.0360. The molecule has 0 saturated carbocycles. The van der Waals surface area contributed by atoms with E-state index >= 15 is 0 Å². The molecule has 2 amide bonds. The predicted molar refractivity (Wildman–Crippen MR) is 132 cm³/mol. The lowest BCUT2D eigenvalue weighted by atomic mass is 9.83. The van der Waals surface area contributed by atoms with Gasteiger partial charge in [-0.2, -0.15) is 13.2 Å². The topological polar surface area (TPSA) is 111 Å². The van der Waals surface area contributed by atoms with Gasteiger partial charge < -0.3 is 15.8 Å². The van der Waals surface area contributed by atoms with E-state index in [1.807, 2.05) is 6.07 Å². The van der Waals surface area contributed by atoms with E-state index in [4.69, 9.17) is 10.5 Å². The van der Waals surface area contributed by atoms with Crippen molar-refractivity contribution in [3.63, 3.8) is 0 Å². The first-order valence-corrected chi connectivity index (χ1v) is 12.0. The Balaban J connectivity index is 1.98. The summed E-state index contributed by atoms with van der Waals surface area (Å²) in [5.74, 6) is -3.97. The van der Waals surface area contributed by atoms with Crippen molar-refractivity contribution in [1.29, 1.82) is 0 Å². The van der Waals surface area contributed by atoms with Crippen LogP contribution in [-0.2, 0) is 20.8 Å². The van der Waals surface area contributed by atoms with Crippen LogP contribution >= 0.6 is 0 Å². The molecular formula is C27H30F3N3O4. The molecule has 7 nitrogen and oxygen atoms in total. The number of rotatable bonds is 10. The summed E-state index contributed by atoms with van der Waals surface area (Å²) in [7, 11) is 1.53. The first-order valence-electron chi connectivity index (χ1n) is 12.0. The van der Waals surface area contributed by atoms with Gasteiger partial charge in [0.25, 0.3) is 0 Å². The quantitative estimate of drug-likeness (QED) is 0.497. The Bertz CT molecular complexity index is 1160. The number of amides is 2. The minimum Gasteiger partial charge on any atom is -0.497 e. The number of hydrogen-bond donors (Lipinski definition) is 2. The zero-order valence-corrected chi connectivity index (χ0v) is 20.7. The predicted octanol–water partition coefficient (Wildman–Crippen LogP) is 3.96. The lowest BCUT2D eigenvalue weighted by Gasteiger charge is -2.25. The molecule has 198 valence electrons. The van der Waals surface area contributed by atoms with Crippen molar-refractivity contribution in [2.24, 2.45) is 22.6 Å². The lowest BCUT2D eigenvalue weighted by molar-refractivity contribution is -0.146. The van der Waals surface area contributed by atoms with Crippen molar-refractivity contribution >= 4 is 23.3 Å². The van der Waals surface area contributed by atoms with Gasteiger partial charge in [0.2, 0.25) is 11.8 Å². The van der Waals surface area contributed by atoms with E-state index in [1.54, 1.807) is 49.4 Å². The summed E-state index contributed by atoms with van der Waals surface area (Å²) in [6, 6.07) is 14.2. The fourth-order valence-corrected chi connectivity index (χ4v) is 4.48. The Morgan fingerprint density at radius 3 is 2.38 bits per heavy atom. The zero-order chi connectivity index (χ0) is 27.2. The molecular weight excluding hydrogens is 487 g/mol. The third-order valence-electron chi connectivity index (χ3n) is 6.37. The molecule has 3 atom stereocenters. The fraction of sp³-hybridized carbons (Fsp3) is 0.407. The molecule has 0 bridgehead atoms. The Morgan fingerprint density at radius 1 is 1.11 bits per heavy atom. The molecule has 0 radical (unpaired) electrons. The fourth-order valence-electron chi connectivity index (χ4n) is 4.48. The highest BCUT2D eigenvalue weighted by Crippen LogP contribution is 2.30. The molecule has 37 heavy (non-hydrogen) atoms. The highest BCUT2D eigenvalue weighted by atomic mass is 19.4. The summed E-state index contributed by atoms with van der Waals surface area (Å²) < 4.78 is 44.3. The number of nitrogens with two attached hydrogens (primary N) is 1. The van der Waals surface area contributed by atoms with Gasteiger partial charge in [-0.15, -0.1) is 0 Å². The van der Waals surface area contributed by atoms with E-state index in [2.05, 4.69) is 10.3 Å². The van der Waals surface area contributed by atoms with E-state index in [1.165, 1.54) is 7.11 Å². The molecule has 10 heteroatoms. The van der Waals surface area contributed by atoms with E-state index < -0.39 is 54.6 Å². The highest BCUT2D eigenvalue weighted by molar-refractivity contribution is 6.16. The molecule has 0 spiro atoms. The first kappa shape index (κ1) is 27.9. The third kappa shape index (κ3) is 7.18. The van der Waals surface area contributed by atoms with Crippen LogP contribution < -0.4 is 15.8 Å². The number of benzene rings is 2. The number of ketones is 1. The van der Waals surface area contributed by atoms with Crippen LogP contribution in [0.3, 0.4) is 0 Å². The van der Waals surface area contributed by atoms with Crippen LogP contribution in [0.25, 0.3) is 0 Å². The second kappa shape index (κ2) is 12.0. The van der Waals surface area contributed by atoms with Crippen LogP contribution in [0.4, 0.5) is 13.2 Å². The average Bonchev–Trinajstić information content (AvgIpc) is 2.99. The van der Waals surface area contributed by atoms with Crippen molar-refractivity contribution in [3.8, 4) is 5.75 Å². The van der Waals surface area contributed by atoms with Crippen LogP contribution in [0.2, 0.25) is 0 Å². The highest BCUT2D eigenvalue weighted by Gasteiger charge is 2.38. The first-order chi connectivity index (χ1) is 17.5. The Morgan fingerprint density at radius 2 is 1.78 bits per heavy atom. The number of alkyl halides is 3. The average molecular weight is 518 g/mol. The Labute approximate surface area is 213 Å². The van der Waals surface area contributed by atoms with Crippen LogP contribution in [0.1, 0.15) is 49.3 Å². The van der Waals surface area contributed by atoms with E-state index in [-0.39, 0.29) is 12.8 Å². The number of nitrogens with zero attached hydrogens (tertiary/aromatic N) is 1. The monoisotopic (exact) mass is 517 g/mol. The van der Waals surface area contributed by atoms with Gasteiger partial charge in [-0.25, -0.2) is 0 Å². The number of hydrogen-bond acceptors (Lipinski definition) is 5. The Kier molecular flexibility index (Phi) is 9.07. The second-order valence-electron chi connectivity index (χ2n) is 8.98. The molecule has 1 aliphatic heterocycles. The van der Waals surface area contributed by atoms with Gasteiger partial charge in [0.1, 0.15) is 5.75 Å². The number of ether oxygens (including phenoxy) is 1. The van der Waals surface area contributed by atoms with Gasteiger partial charge in [0, 0.05) is 35.8 Å². The van der Waals surface area contributed by atoms with Crippen molar-refractivity contribution in [2.45, 2.75) is 51.4 Å². The van der Waals surface area contributed by atoms with Gasteiger partial charge in [-0.05, 0) is 42.7 Å². The third-order valence-corrected chi connectivity index (χ3v) is 6.37. The SMILES string of the molecule is CCC[C@H](C(N)=O)[C@@H](CCC(F)(F)F)C(=O)N[C@H]1N=C(c2ccc(OC)cc2)c2ccccc2CC1=O. The van der Waals surface area contributed by atoms with Gasteiger partial charge >= 0.3 is 6.18 Å². The number of aliphatic imine (C=N–C) groups is 1. The van der Waals surface area contributed by atoms with Gasteiger partial charge in [-0.3, -0.25) is 19.4 Å². The lowest BCUT2D eigenvalue weighted by Crippen LogP contribution is -2.47. The minimum atomic E-state index is -4.52. The summed E-state index contributed by atoms with van der Waals surface area (Å²) in [5.41, 5.74) is 7.97. The molecule has 2 aromatic rings. The number of primary amides is 1. The maximum absolute atomic E-state index is 13.3. The van der Waals surface area contributed by atoms with Crippen LogP contribution in [-0.4, -0.2) is 42.8 Å². The number of carbonyl (C=O) groups is 3.